The van der Waals surface area contributed by atoms with Crippen LogP contribution in [0.25, 0.3) is 0 Å². The van der Waals surface area contributed by atoms with Gasteiger partial charge in [0.2, 0.25) is 6.29 Å². The van der Waals surface area contributed by atoms with Crippen LogP contribution in [0.2, 0.25) is 0 Å². The number of rotatable bonds is 14. The summed E-state index contributed by atoms with van der Waals surface area (Å²) >= 11 is 0. The summed E-state index contributed by atoms with van der Waals surface area (Å²) in [7, 11) is 0. The molecule has 0 aromatic heterocycles. The molecule has 5 atom stereocenters. The summed E-state index contributed by atoms with van der Waals surface area (Å²) in [6.07, 6.45) is -3.62. The van der Waals surface area contributed by atoms with Gasteiger partial charge in [-0.15, -0.1) is 0 Å². The van der Waals surface area contributed by atoms with Gasteiger partial charge in [0.1, 0.15) is 24.4 Å². The van der Waals surface area contributed by atoms with Crippen molar-refractivity contribution >= 4 is 5.97 Å². The van der Waals surface area contributed by atoms with E-state index in [1.54, 1.807) is 0 Å². The number of benzene rings is 4. The SMILES string of the molecule is CC(=O)O[C@H]1O[C@@H](COCc2ccccc2)[C@@H](OCc2ccccc2)[C@@H](OCc2ccccc2)[C@@H]1OCc1ccccc1. The van der Waals surface area contributed by atoms with E-state index in [1.165, 1.54) is 6.92 Å². The summed E-state index contributed by atoms with van der Waals surface area (Å²) in [5.74, 6) is -0.479. The summed E-state index contributed by atoms with van der Waals surface area (Å²) < 4.78 is 37.9. The molecule has 0 bridgehead atoms. The van der Waals surface area contributed by atoms with Gasteiger partial charge in [-0.1, -0.05) is 121 Å². The third-order valence-electron chi connectivity index (χ3n) is 7.12. The zero-order valence-electron chi connectivity index (χ0n) is 24.3. The van der Waals surface area contributed by atoms with E-state index >= 15 is 0 Å². The predicted octanol–water partition coefficient (Wildman–Crippen LogP) is 6.25. The maximum absolute atomic E-state index is 12.3. The Hall–Kier alpha value is -3.85. The first kappa shape index (κ1) is 30.6. The normalized spacial score (nSPS) is 21.7. The van der Waals surface area contributed by atoms with Crippen molar-refractivity contribution in [2.75, 3.05) is 6.61 Å². The maximum atomic E-state index is 12.3. The minimum absolute atomic E-state index is 0.197. The lowest BCUT2D eigenvalue weighted by Gasteiger charge is -2.45. The largest absolute Gasteiger partial charge is 0.433 e. The van der Waals surface area contributed by atoms with Gasteiger partial charge in [-0.3, -0.25) is 4.79 Å². The first-order chi connectivity index (χ1) is 21.2. The van der Waals surface area contributed by atoms with Crippen LogP contribution in [0.5, 0.6) is 0 Å². The third kappa shape index (κ3) is 9.32. The molecule has 0 unspecified atom stereocenters. The summed E-state index contributed by atoms with van der Waals surface area (Å²) in [5, 5.41) is 0. The van der Waals surface area contributed by atoms with Crippen molar-refractivity contribution in [1.29, 1.82) is 0 Å². The molecule has 224 valence electrons. The van der Waals surface area contributed by atoms with Gasteiger partial charge in [-0.2, -0.15) is 0 Å². The van der Waals surface area contributed by atoms with E-state index in [1.807, 2.05) is 121 Å². The van der Waals surface area contributed by atoms with Crippen LogP contribution >= 0.6 is 0 Å². The van der Waals surface area contributed by atoms with E-state index in [9.17, 15) is 4.79 Å². The van der Waals surface area contributed by atoms with E-state index in [-0.39, 0.29) is 13.2 Å². The van der Waals surface area contributed by atoms with E-state index in [0.29, 0.717) is 19.8 Å². The summed E-state index contributed by atoms with van der Waals surface area (Å²) in [6, 6.07) is 39.6. The minimum atomic E-state index is -1.02. The molecule has 0 amide bonds. The molecule has 1 aliphatic rings. The molecule has 4 aromatic rings. The van der Waals surface area contributed by atoms with Gasteiger partial charge in [-0.25, -0.2) is 0 Å². The molecule has 1 heterocycles. The zero-order chi connectivity index (χ0) is 29.7. The van der Waals surface area contributed by atoms with Gasteiger partial charge in [0.05, 0.1) is 33.0 Å². The fourth-order valence-corrected chi connectivity index (χ4v) is 5.01. The lowest BCUT2D eigenvalue weighted by Crippen LogP contribution is -2.62. The average Bonchev–Trinajstić information content (AvgIpc) is 3.04. The van der Waals surface area contributed by atoms with Crippen LogP contribution in [-0.4, -0.2) is 43.3 Å². The van der Waals surface area contributed by atoms with Crippen molar-refractivity contribution in [2.45, 2.75) is 64.1 Å². The van der Waals surface area contributed by atoms with E-state index < -0.39 is 36.7 Å². The van der Waals surface area contributed by atoms with E-state index in [4.69, 9.17) is 28.4 Å². The number of carbonyl (C=O) groups excluding carboxylic acids is 1. The van der Waals surface area contributed by atoms with E-state index in [2.05, 4.69) is 0 Å². The average molecular weight is 583 g/mol. The molecule has 1 saturated heterocycles. The van der Waals surface area contributed by atoms with Crippen molar-refractivity contribution in [1.82, 2.24) is 0 Å². The highest BCUT2D eigenvalue weighted by Crippen LogP contribution is 2.31. The Labute approximate surface area is 253 Å². The molecule has 1 aliphatic heterocycles. The van der Waals surface area contributed by atoms with Crippen molar-refractivity contribution in [3.63, 3.8) is 0 Å². The number of hydrogen-bond acceptors (Lipinski definition) is 7. The maximum Gasteiger partial charge on any atom is 0.305 e. The van der Waals surface area contributed by atoms with Crippen LogP contribution in [0.3, 0.4) is 0 Å². The Morgan fingerprint density at radius 3 is 1.40 bits per heavy atom. The Bertz CT molecular complexity index is 1350. The van der Waals surface area contributed by atoms with Gasteiger partial charge in [0.25, 0.3) is 0 Å². The molecule has 7 heteroatoms. The molecule has 5 rings (SSSR count). The summed E-state index contributed by atoms with van der Waals surface area (Å²) in [5.41, 5.74) is 4.02. The van der Waals surface area contributed by atoms with Crippen LogP contribution in [-0.2, 0) is 59.6 Å². The summed E-state index contributed by atoms with van der Waals surface area (Å²) in [4.78, 5) is 12.3. The molecular weight excluding hydrogens is 544 g/mol. The molecule has 4 aromatic carbocycles. The van der Waals surface area contributed by atoms with Crippen molar-refractivity contribution in [2.24, 2.45) is 0 Å². The Morgan fingerprint density at radius 1 is 0.558 bits per heavy atom. The minimum Gasteiger partial charge on any atom is -0.433 e. The van der Waals surface area contributed by atoms with Crippen LogP contribution in [0, 0.1) is 0 Å². The number of esters is 1. The highest BCUT2D eigenvalue weighted by Gasteiger charge is 2.50. The molecule has 0 N–H and O–H groups in total. The Kier molecular flexibility index (Phi) is 11.5. The number of ether oxygens (including phenoxy) is 6. The van der Waals surface area contributed by atoms with Gasteiger partial charge in [-0.05, 0) is 22.3 Å². The number of hydrogen-bond donors (Lipinski definition) is 0. The standard InChI is InChI=1S/C36H38O7/c1-27(37)42-36-35(41-25-31-20-12-5-13-21-31)34(40-24-30-18-10-4-11-19-30)33(39-23-29-16-8-3-9-17-29)32(43-36)26-38-22-28-14-6-2-7-15-28/h2-21,32-36H,22-26H2,1H3/t32-,33+,34+,35-,36-/m0/s1. The van der Waals surface area contributed by atoms with Crippen molar-refractivity contribution in [3.8, 4) is 0 Å². The van der Waals surface area contributed by atoms with Gasteiger partial charge >= 0.3 is 5.97 Å². The smallest absolute Gasteiger partial charge is 0.305 e. The zero-order valence-corrected chi connectivity index (χ0v) is 24.3. The van der Waals surface area contributed by atoms with E-state index in [0.717, 1.165) is 22.3 Å². The number of carbonyl (C=O) groups is 1. The third-order valence-corrected chi connectivity index (χ3v) is 7.12. The molecule has 0 radical (unpaired) electrons. The molecule has 0 aliphatic carbocycles. The summed E-state index contributed by atoms with van der Waals surface area (Å²) in [6.45, 7) is 2.87. The lowest BCUT2D eigenvalue weighted by molar-refractivity contribution is -0.320. The van der Waals surface area contributed by atoms with Gasteiger partial charge in [0, 0.05) is 6.92 Å². The lowest BCUT2D eigenvalue weighted by atomic mass is 9.97. The van der Waals surface area contributed by atoms with Gasteiger partial charge in [0.15, 0.2) is 0 Å². The highest BCUT2D eigenvalue weighted by atomic mass is 16.7. The molecular formula is C36H38O7. The first-order valence-electron chi connectivity index (χ1n) is 14.6. The predicted molar refractivity (Wildman–Crippen MR) is 162 cm³/mol. The van der Waals surface area contributed by atoms with Crippen LogP contribution in [0.1, 0.15) is 29.2 Å². The second kappa shape index (κ2) is 16.1. The van der Waals surface area contributed by atoms with Crippen molar-refractivity contribution < 1.29 is 33.2 Å². The second-order valence-electron chi connectivity index (χ2n) is 10.4. The topological polar surface area (TPSA) is 72.5 Å². The molecule has 7 nitrogen and oxygen atoms in total. The van der Waals surface area contributed by atoms with Crippen LogP contribution < -0.4 is 0 Å². The first-order valence-corrected chi connectivity index (χ1v) is 14.6. The Morgan fingerprint density at radius 2 is 0.953 bits per heavy atom. The molecule has 0 saturated carbocycles. The fraction of sp³-hybridized carbons (Fsp3) is 0.306. The molecule has 0 spiro atoms. The van der Waals surface area contributed by atoms with Crippen LogP contribution in [0.4, 0.5) is 0 Å². The highest BCUT2D eigenvalue weighted by molar-refractivity contribution is 5.66. The quantitative estimate of drug-likeness (QED) is 0.163. The van der Waals surface area contributed by atoms with Crippen LogP contribution in [0.15, 0.2) is 121 Å². The van der Waals surface area contributed by atoms with Crippen molar-refractivity contribution in [3.05, 3.63) is 144 Å². The Balaban J connectivity index is 1.42. The second-order valence-corrected chi connectivity index (χ2v) is 10.4. The molecule has 1 fully saturated rings. The van der Waals surface area contributed by atoms with Gasteiger partial charge < -0.3 is 28.4 Å². The molecule has 43 heavy (non-hydrogen) atoms. The fourth-order valence-electron chi connectivity index (χ4n) is 5.01. The monoisotopic (exact) mass is 582 g/mol.